The van der Waals surface area contributed by atoms with E-state index in [1.807, 2.05) is 37.3 Å². The van der Waals surface area contributed by atoms with E-state index in [9.17, 15) is 5.11 Å². The van der Waals surface area contributed by atoms with Crippen molar-refractivity contribution in [1.82, 2.24) is 4.98 Å². The molecule has 1 aromatic heterocycles. The zero-order valence-corrected chi connectivity index (χ0v) is 11.9. The lowest BCUT2D eigenvalue weighted by molar-refractivity contribution is -0.0236. The molecule has 1 atom stereocenters. The molecule has 106 valence electrons. The average Bonchev–Trinajstić information content (AvgIpc) is 2.95. The Balaban J connectivity index is 2.06. The second kappa shape index (κ2) is 5.41. The second-order valence-electron chi connectivity index (χ2n) is 5.74. The topological polar surface area (TPSA) is 46.3 Å². The fourth-order valence-corrected chi connectivity index (χ4v) is 3.28. The van der Waals surface area contributed by atoms with Crippen LogP contribution in [0.3, 0.4) is 0 Å². The third-order valence-corrected chi connectivity index (χ3v) is 4.36. The largest absolute Gasteiger partial charge is 0.443 e. The van der Waals surface area contributed by atoms with Crippen LogP contribution in [0.15, 0.2) is 40.9 Å². The molecule has 1 aliphatic rings. The zero-order valence-electron chi connectivity index (χ0n) is 11.9. The van der Waals surface area contributed by atoms with Crippen molar-refractivity contribution in [3.8, 4) is 0 Å². The normalized spacial score (nSPS) is 19.7. The summed E-state index contributed by atoms with van der Waals surface area (Å²) in [5.41, 5.74) is -0.218. The predicted molar refractivity (Wildman–Crippen MR) is 77.3 cm³/mol. The molecule has 3 heteroatoms. The van der Waals surface area contributed by atoms with E-state index in [1.54, 1.807) is 6.20 Å². The van der Waals surface area contributed by atoms with Gasteiger partial charge in [0, 0.05) is 5.92 Å². The van der Waals surface area contributed by atoms with Crippen molar-refractivity contribution < 1.29 is 9.52 Å². The number of rotatable bonds is 3. The first-order valence-electron chi connectivity index (χ1n) is 7.42. The third-order valence-electron chi connectivity index (χ3n) is 4.36. The van der Waals surface area contributed by atoms with E-state index in [0.717, 1.165) is 24.2 Å². The Morgan fingerprint density at radius 3 is 2.45 bits per heavy atom. The van der Waals surface area contributed by atoms with Crippen LogP contribution in [-0.2, 0) is 5.60 Å². The van der Waals surface area contributed by atoms with Gasteiger partial charge in [0.05, 0.1) is 6.20 Å². The van der Waals surface area contributed by atoms with Gasteiger partial charge in [-0.1, -0.05) is 49.6 Å². The van der Waals surface area contributed by atoms with Gasteiger partial charge in [0.1, 0.15) is 5.76 Å². The number of benzene rings is 1. The highest BCUT2D eigenvalue weighted by molar-refractivity contribution is 5.30. The smallest absolute Gasteiger partial charge is 0.231 e. The van der Waals surface area contributed by atoms with Gasteiger partial charge in [0.2, 0.25) is 5.89 Å². The molecular weight excluding hydrogens is 250 g/mol. The summed E-state index contributed by atoms with van der Waals surface area (Å²) in [5.74, 6) is 1.36. The molecule has 0 bridgehead atoms. The maximum atomic E-state index is 11.4. The molecule has 1 aliphatic carbocycles. The van der Waals surface area contributed by atoms with Crippen LogP contribution in [0, 0.1) is 12.8 Å². The first-order valence-corrected chi connectivity index (χ1v) is 7.42. The van der Waals surface area contributed by atoms with Crippen LogP contribution in [0.4, 0.5) is 0 Å². The molecule has 0 radical (unpaired) electrons. The summed E-state index contributed by atoms with van der Waals surface area (Å²) >= 11 is 0. The molecule has 0 spiro atoms. The summed E-state index contributed by atoms with van der Waals surface area (Å²) in [7, 11) is 0. The Labute approximate surface area is 119 Å². The van der Waals surface area contributed by atoms with Gasteiger partial charge in [-0.05, 0) is 25.3 Å². The van der Waals surface area contributed by atoms with Crippen molar-refractivity contribution in [1.29, 1.82) is 0 Å². The zero-order chi connectivity index (χ0) is 14.0. The van der Waals surface area contributed by atoms with Gasteiger partial charge in [-0.25, -0.2) is 4.98 Å². The monoisotopic (exact) mass is 271 g/mol. The molecule has 3 nitrogen and oxygen atoms in total. The van der Waals surface area contributed by atoms with Crippen LogP contribution in [0.1, 0.15) is 49.3 Å². The summed E-state index contributed by atoms with van der Waals surface area (Å²) in [5, 5.41) is 11.4. The van der Waals surface area contributed by atoms with Crippen LogP contribution in [-0.4, -0.2) is 10.1 Å². The number of oxazole rings is 1. The maximum absolute atomic E-state index is 11.4. The molecule has 1 fully saturated rings. The quantitative estimate of drug-likeness (QED) is 0.923. The molecule has 20 heavy (non-hydrogen) atoms. The summed E-state index contributed by atoms with van der Waals surface area (Å²) in [6.07, 6.45) is 7.32. The SMILES string of the molecule is Cc1cnc([C@](O)(c2ccccc2)C2CCCCC2)o1. The number of aromatic nitrogens is 1. The number of hydrogen-bond donors (Lipinski definition) is 1. The van der Waals surface area contributed by atoms with E-state index in [0.29, 0.717) is 5.89 Å². The standard InChI is InChI=1S/C17H21NO2/c1-13-12-18-16(20-13)17(19,14-8-4-2-5-9-14)15-10-6-3-7-11-15/h2,4-5,8-9,12,15,19H,3,6-7,10-11H2,1H3/t17-/m0/s1. The summed E-state index contributed by atoms with van der Waals surface area (Å²) in [6.45, 7) is 1.86. The molecule has 1 N–H and O–H groups in total. The predicted octanol–water partition coefficient (Wildman–Crippen LogP) is 3.80. The fraction of sp³-hybridized carbons (Fsp3) is 0.471. The fourth-order valence-electron chi connectivity index (χ4n) is 3.28. The lowest BCUT2D eigenvalue weighted by Crippen LogP contribution is -2.38. The van der Waals surface area contributed by atoms with E-state index in [2.05, 4.69) is 4.98 Å². The molecule has 2 aromatic rings. The van der Waals surface area contributed by atoms with Crippen molar-refractivity contribution in [3.63, 3.8) is 0 Å². The Morgan fingerprint density at radius 2 is 1.85 bits per heavy atom. The molecule has 0 aliphatic heterocycles. The van der Waals surface area contributed by atoms with Crippen LogP contribution in [0.5, 0.6) is 0 Å². The minimum absolute atomic E-state index is 0.178. The first-order chi connectivity index (χ1) is 9.71. The maximum Gasteiger partial charge on any atom is 0.231 e. The molecule has 1 saturated carbocycles. The van der Waals surface area contributed by atoms with Gasteiger partial charge < -0.3 is 9.52 Å². The van der Waals surface area contributed by atoms with Crippen LogP contribution < -0.4 is 0 Å². The molecular formula is C17H21NO2. The van der Waals surface area contributed by atoms with E-state index < -0.39 is 5.60 Å². The number of aryl methyl sites for hydroxylation is 1. The number of hydrogen-bond acceptors (Lipinski definition) is 3. The summed E-state index contributed by atoms with van der Waals surface area (Å²) < 4.78 is 5.70. The highest BCUT2D eigenvalue weighted by Crippen LogP contribution is 2.43. The van der Waals surface area contributed by atoms with Gasteiger partial charge in [-0.2, -0.15) is 0 Å². The lowest BCUT2D eigenvalue weighted by Gasteiger charge is -2.36. The van der Waals surface area contributed by atoms with E-state index in [4.69, 9.17) is 4.42 Å². The van der Waals surface area contributed by atoms with Crippen LogP contribution in [0.2, 0.25) is 0 Å². The van der Waals surface area contributed by atoms with Crippen molar-refractivity contribution in [2.45, 2.75) is 44.6 Å². The van der Waals surface area contributed by atoms with E-state index >= 15 is 0 Å². The molecule has 3 rings (SSSR count). The van der Waals surface area contributed by atoms with Gasteiger partial charge in [0.25, 0.3) is 0 Å². The van der Waals surface area contributed by atoms with Crippen LogP contribution in [0.25, 0.3) is 0 Å². The van der Waals surface area contributed by atoms with E-state index in [1.165, 1.54) is 19.3 Å². The van der Waals surface area contributed by atoms with Crippen molar-refractivity contribution in [2.75, 3.05) is 0 Å². The second-order valence-corrected chi connectivity index (χ2v) is 5.74. The lowest BCUT2D eigenvalue weighted by atomic mass is 9.73. The molecule has 1 aromatic carbocycles. The Kier molecular flexibility index (Phi) is 3.62. The first kappa shape index (κ1) is 13.4. The number of nitrogens with zero attached hydrogens (tertiary/aromatic N) is 1. The summed E-state index contributed by atoms with van der Waals surface area (Å²) in [4.78, 5) is 4.32. The van der Waals surface area contributed by atoms with Crippen molar-refractivity contribution in [2.24, 2.45) is 5.92 Å². The van der Waals surface area contributed by atoms with Crippen LogP contribution >= 0.6 is 0 Å². The van der Waals surface area contributed by atoms with Crippen molar-refractivity contribution >= 4 is 0 Å². The highest BCUT2D eigenvalue weighted by atomic mass is 16.4. The molecule has 0 unspecified atom stereocenters. The van der Waals surface area contributed by atoms with Gasteiger partial charge >= 0.3 is 0 Å². The Morgan fingerprint density at radius 1 is 1.15 bits per heavy atom. The highest BCUT2D eigenvalue weighted by Gasteiger charge is 2.44. The third kappa shape index (κ3) is 2.27. The Bertz CT molecular complexity index is 557. The Hall–Kier alpha value is -1.61. The minimum atomic E-state index is -1.10. The molecule has 1 heterocycles. The summed E-state index contributed by atoms with van der Waals surface area (Å²) in [6, 6.07) is 9.81. The average molecular weight is 271 g/mol. The number of aliphatic hydroxyl groups is 1. The van der Waals surface area contributed by atoms with Crippen molar-refractivity contribution in [3.05, 3.63) is 53.7 Å². The molecule has 0 saturated heterocycles. The van der Waals surface area contributed by atoms with Gasteiger partial charge in [-0.3, -0.25) is 0 Å². The van der Waals surface area contributed by atoms with Gasteiger partial charge in [0.15, 0.2) is 5.60 Å². The molecule has 0 amide bonds. The minimum Gasteiger partial charge on any atom is -0.443 e. The van der Waals surface area contributed by atoms with E-state index in [-0.39, 0.29) is 5.92 Å². The van der Waals surface area contributed by atoms with Gasteiger partial charge in [-0.15, -0.1) is 0 Å².